The maximum Gasteiger partial charge on any atom is 0.446 e. The van der Waals surface area contributed by atoms with Gasteiger partial charge in [-0.2, -0.15) is 18.3 Å². The second-order valence-electron chi connectivity index (χ2n) is 5.53. The topological polar surface area (TPSA) is 72.6 Å². The summed E-state index contributed by atoms with van der Waals surface area (Å²) in [6.45, 7) is 3.64. The van der Waals surface area contributed by atoms with E-state index in [2.05, 4.69) is 15.2 Å². The van der Waals surface area contributed by atoms with Gasteiger partial charge in [0.1, 0.15) is 12.7 Å². The fourth-order valence-electron chi connectivity index (χ4n) is 1.86. The van der Waals surface area contributed by atoms with E-state index in [1.807, 2.05) is 13.8 Å². The van der Waals surface area contributed by atoms with Gasteiger partial charge in [0.05, 0.1) is 10.6 Å². The number of aromatic nitrogens is 3. The van der Waals surface area contributed by atoms with Crippen LogP contribution < -0.4 is 0 Å². The number of carbonyl (C=O) groups excluding carboxylic acids is 1. The lowest BCUT2D eigenvalue weighted by atomic mass is 10.2. The zero-order valence-corrected chi connectivity index (χ0v) is 16.0. The number of oxime groups is 1. The average molecular weight is 422 g/mol. The fourth-order valence-corrected chi connectivity index (χ4v) is 2.80. The highest BCUT2D eigenvalue weighted by Crippen LogP contribution is 2.37. The summed E-state index contributed by atoms with van der Waals surface area (Å²) in [6.07, 6.45) is -2.76. The van der Waals surface area contributed by atoms with Crippen molar-refractivity contribution in [1.82, 2.24) is 19.1 Å². The Labute approximate surface area is 162 Å². The van der Waals surface area contributed by atoms with Gasteiger partial charge < -0.3 is 0 Å². The Morgan fingerprint density at radius 3 is 2.67 bits per heavy atom. The summed E-state index contributed by atoms with van der Waals surface area (Å²) in [5, 5.41) is 7.27. The van der Waals surface area contributed by atoms with Crippen molar-refractivity contribution in [3.8, 4) is 0 Å². The van der Waals surface area contributed by atoms with Crippen molar-refractivity contribution in [3.05, 3.63) is 41.4 Å². The van der Waals surface area contributed by atoms with E-state index in [-0.39, 0.29) is 10.8 Å². The third-order valence-electron chi connectivity index (χ3n) is 3.13. The van der Waals surface area contributed by atoms with Crippen LogP contribution in [0.2, 0.25) is 5.02 Å². The molecule has 12 heteroatoms. The van der Waals surface area contributed by atoms with Crippen LogP contribution in [0.5, 0.6) is 0 Å². The number of halogens is 4. The first-order valence-corrected chi connectivity index (χ1v) is 8.67. The van der Waals surface area contributed by atoms with Gasteiger partial charge in [0, 0.05) is 17.9 Å². The molecule has 0 saturated carbocycles. The molecule has 0 aliphatic carbocycles. The number of rotatable bonds is 4. The zero-order valence-electron chi connectivity index (χ0n) is 14.4. The molecule has 1 heterocycles. The molecule has 1 aromatic carbocycles. The SMILES string of the molecule is CC(C)C(=NOC(=O)N(C)Sc1ccc(Cl)c(C(F)(F)F)c1)n1cncn1. The minimum atomic E-state index is -4.60. The van der Waals surface area contributed by atoms with Crippen LogP contribution in [0.15, 0.2) is 40.9 Å². The van der Waals surface area contributed by atoms with Gasteiger partial charge in [0.15, 0.2) is 5.84 Å². The summed E-state index contributed by atoms with van der Waals surface area (Å²) >= 11 is 6.32. The molecule has 0 spiro atoms. The molecule has 2 rings (SSSR count). The van der Waals surface area contributed by atoms with Crippen molar-refractivity contribution in [3.63, 3.8) is 0 Å². The first kappa shape index (κ1) is 21.0. The first-order valence-electron chi connectivity index (χ1n) is 7.52. The van der Waals surface area contributed by atoms with Crippen LogP contribution in [0, 0.1) is 5.92 Å². The molecule has 27 heavy (non-hydrogen) atoms. The summed E-state index contributed by atoms with van der Waals surface area (Å²) in [5.41, 5.74) is -0.984. The Morgan fingerprint density at radius 2 is 2.11 bits per heavy atom. The highest BCUT2D eigenvalue weighted by Gasteiger charge is 2.33. The van der Waals surface area contributed by atoms with E-state index in [1.54, 1.807) is 0 Å². The van der Waals surface area contributed by atoms with Gasteiger partial charge in [-0.1, -0.05) is 30.6 Å². The summed E-state index contributed by atoms with van der Waals surface area (Å²) in [6, 6.07) is 3.34. The predicted octanol–water partition coefficient (Wildman–Crippen LogP) is 4.54. The van der Waals surface area contributed by atoms with Crippen molar-refractivity contribution < 1.29 is 22.8 Å². The lowest BCUT2D eigenvalue weighted by Crippen LogP contribution is -2.23. The minimum Gasteiger partial charge on any atom is -0.295 e. The normalized spacial score (nSPS) is 12.4. The molecule has 0 atom stereocenters. The monoisotopic (exact) mass is 421 g/mol. The van der Waals surface area contributed by atoms with Gasteiger partial charge >= 0.3 is 12.3 Å². The molecule has 0 radical (unpaired) electrons. The van der Waals surface area contributed by atoms with Gasteiger partial charge in [-0.25, -0.2) is 18.8 Å². The average Bonchev–Trinajstić information content (AvgIpc) is 3.09. The Morgan fingerprint density at radius 1 is 1.41 bits per heavy atom. The van der Waals surface area contributed by atoms with Gasteiger partial charge in [0.25, 0.3) is 0 Å². The van der Waals surface area contributed by atoms with Gasteiger partial charge in [-0.05, 0) is 30.1 Å². The standard InChI is InChI=1S/C15H15ClF3N5O2S/c1-9(2)13(24-8-20-7-21-24)22-26-14(25)23(3)27-10-4-5-12(16)11(6-10)15(17,18)19/h4-9H,1-3H3. The highest BCUT2D eigenvalue weighted by atomic mass is 35.5. The summed E-state index contributed by atoms with van der Waals surface area (Å²) in [5.74, 6) is 0.216. The molecule has 0 bridgehead atoms. The number of benzene rings is 1. The summed E-state index contributed by atoms with van der Waals surface area (Å²) in [7, 11) is 1.34. The zero-order chi connectivity index (χ0) is 20.2. The molecule has 146 valence electrons. The molecule has 0 aliphatic heterocycles. The molecule has 7 nitrogen and oxygen atoms in total. The van der Waals surface area contributed by atoms with E-state index in [9.17, 15) is 18.0 Å². The van der Waals surface area contributed by atoms with E-state index in [0.29, 0.717) is 5.84 Å². The van der Waals surface area contributed by atoms with Crippen LogP contribution in [-0.2, 0) is 11.0 Å². The lowest BCUT2D eigenvalue weighted by Gasteiger charge is -2.16. The maximum absolute atomic E-state index is 12.9. The van der Waals surface area contributed by atoms with E-state index in [0.717, 1.165) is 28.4 Å². The predicted molar refractivity (Wildman–Crippen MR) is 94.2 cm³/mol. The summed E-state index contributed by atoms with van der Waals surface area (Å²) in [4.78, 5) is 20.9. The fraction of sp³-hybridized carbons (Fsp3) is 0.333. The third kappa shape index (κ3) is 5.60. The molecular formula is C15H15ClF3N5O2S. The van der Waals surface area contributed by atoms with Crippen molar-refractivity contribution in [2.24, 2.45) is 11.1 Å². The number of nitrogens with zero attached hydrogens (tertiary/aromatic N) is 5. The van der Waals surface area contributed by atoms with E-state index in [1.165, 1.54) is 30.5 Å². The van der Waals surface area contributed by atoms with Crippen molar-refractivity contribution in [2.45, 2.75) is 24.9 Å². The molecule has 2 aromatic rings. The molecule has 0 unspecified atom stereocenters. The van der Waals surface area contributed by atoms with Crippen molar-refractivity contribution in [1.29, 1.82) is 0 Å². The van der Waals surface area contributed by atoms with E-state index < -0.39 is 22.9 Å². The largest absolute Gasteiger partial charge is 0.446 e. The van der Waals surface area contributed by atoms with Crippen LogP contribution in [0.4, 0.5) is 18.0 Å². The van der Waals surface area contributed by atoms with E-state index >= 15 is 0 Å². The molecule has 0 aliphatic rings. The Hall–Kier alpha value is -2.27. The maximum atomic E-state index is 12.9. The van der Waals surface area contributed by atoms with Crippen LogP contribution in [-0.4, -0.2) is 38.0 Å². The number of amides is 1. The second-order valence-corrected chi connectivity index (χ2v) is 7.14. The van der Waals surface area contributed by atoms with Gasteiger partial charge in [0.2, 0.25) is 0 Å². The number of carbonyl (C=O) groups is 1. The van der Waals surface area contributed by atoms with Crippen molar-refractivity contribution >= 4 is 35.5 Å². The lowest BCUT2D eigenvalue weighted by molar-refractivity contribution is -0.137. The highest BCUT2D eigenvalue weighted by molar-refractivity contribution is 7.97. The third-order valence-corrected chi connectivity index (χ3v) is 4.35. The number of hydrogen-bond donors (Lipinski definition) is 0. The van der Waals surface area contributed by atoms with Crippen LogP contribution in [0.25, 0.3) is 0 Å². The molecule has 0 fully saturated rings. The molecular weight excluding hydrogens is 407 g/mol. The number of hydrogen-bond acceptors (Lipinski definition) is 6. The van der Waals surface area contributed by atoms with Crippen LogP contribution in [0.3, 0.4) is 0 Å². The Bertz CT molecular complexity index is 827. The van der Waals surface area contributed by atoms with Gasteiger partial charge in [-0.15, -0.1) is 0 Å². The molecule has 0 N–H and O–H groups in total. The minimum absolute atomic E-state index is 0.122. The Balaban J connectivity index is 2.09. The second kappa shape index (κ2) is 8.61. The summed E-state index contributed by atoms with van der Waals surface area (Å²) < 4.78 is 41.1. The molecule has 1 amide bonds. The van der Waals surface area contributed by atoms with Crippen LogP contribution in [0.1, 0.15) is 19.4 Å². The van der Waals surface area contributed by atoms with Crippen LogP contribution >= 0.6 is 23.5 Å². The molecule has 0 saturated heterocycles. The Kier molecular flexibility index (Phi) is 6.71. The quantitative estimate of drug-likeness (QED) is 0.238. The van der Waals surface area contributed by atoms with Gasteiger partial charge in [-0.3, -0.25) is 4.84 Å². The number of alkyl halides is 3. The smallest absolute Gasteiger partial charge is 0.295 e. The first-order chi connectivity index (χ1) is 12.6. The molecule has 1 aromatic heterocycles. The van der Waals surface area contributed by atoms with E-state index in [4.69, 9.17) is 16.4 Å². The van der Waals surface area contributed by atoms with Crippen molar-refractivity contribution in [2.75, 3.05) is 7.05 Å².